The standard InChI is InChI=1S/C18H20O3/c1-13-8-9-15(12-14(13)2)18(19)16-6-4-5-7-17(16)21-11-10-20-3/h4-9,12H,10-11H2,1-3H3. The zero-order valence-electron chi connectivity index (χ0n) is 12.7. The minimum absolute atomic E-state index is 0.0221. The quantitative estimate of drug-likeness (QED) is 0.601. The monoisotopic (exact) mass is 284 g/mol. The second-order valence-corrected chi connectivity index (χ2v) is 4.97. The normalized spacial score (nSPS) is 10.4. The number of para-hydroxylation sites is 1. The molecular weight excluding hydrogens is 264 g/mol. The van der Waals surface area contributed by atoms with Crippen LogP contribution in [0.3, 0.4) is 0 Å². The van der Waals surface area contributed by atoms with Crippen LogP contribution in [0.1, 0.15) is 27.0 Å². The molecule has 0 atom stereocenters. The summed E-state index contributed by atoms with van der Waals surface area (Å²) >= 11 is 0. The van der Waals surface area contributed by atoms with Crippen LogP contribution in [0.5, 0.6) is 5.75 Å². The van der Waals surface area contributed by atoms with Gasteiger partial charge in [-0.1, -0.05) is 24.3 Å². The molecule has 2 aromatic carbocycles. The Morgan fingerprint density at radius 3 is 2.48 bits per heavy atom. The van der Waals surface area contributed by atoms with Crippen molar-refractivity contribution in [1.29, 1.82) is 0 Å². The van der Waals surface area contributed by atoms with E-state index < -0.39 is 0 Å². The molecule has 2 aromatic rings. The van der Waals surface area contributed by atoms with Crippen LogP contribution in [-0.4, -0.2) is 26.1 Å². The molecule has 0 radical (unpaired) electrons. The lowest BCUT2D eigenvalue weighted by Gasteiger charge is -2.11. The predicted molar refractivity (Wildman–Crippen MR) is 83.2 cm³/mol. The summed E-state index contributed by atoms with van der Waals surface area (Å²) in [6.45, 7) is 4.96. The molecule has 0 saturated heterocycles. The molecule has 0 fully saturated rings. The third-order valence-electron chi connectivity index (χ3n) is 3.45. The highest BCUT2D eigenvalue weighted by Gasteiger charge is 2.14. The molecule has 2 rings (SSSR count). The third kappa shape index (κ3) is 3.70. The van der Waals surface area contributed by atoms with E-state index in [2.05, 4.69) is 0 Å². The van der Waals surface area contributed by atoms with Crippen LogP contribution >= 0.6 is 0 Å². The van der Waals surface area contributed by atoms with Crippen LogP contribution < -0.4 is 4.74 Å². The molecule has 0 aliphatic heterocycles. The summed E-state index contributed by atoms with van der Waals surface area (Å²) in [5, 5.41) is 0. The number of ketones is 1. The highest BCUT2D eigenvalue weighted by Crippen LogP contribution is 2.22. The van der Waals surface area contributed by atoms with Gasteiger partial charge in [0.05, 0.1) is 12.2 Å². The van der Waals surface area contributed by atoms with Gasteiger partial charge in [0.2, 0.25) is 0 Å². The first-order valence-electron chi connectivity index (χ1n) is 6.96. The van der Waals surface area contributed by atoms with Gasteiger partial charge in [-0.2, -0.15) is 0 Å². The molecule has 0 spiro atoms. The summed E-state index contributed by atoms with van der Waals surface area (Å²) < 4.78 is 10.6. The van der Waals surface area contributed by atoms with Crippen molar-refractivity contribution in [1.82, 2.24) is 0 Å². The Hall–Kier alpha value is -2.13. The summed E-state index contributed by atoms with van der Waals surface area (Å²) in [6, 6.07) is 13.1. The molecule has 0 amide bonds. The summed E-state index contributed by atoms with van der Waals surface area (Å²) in [4.78, 5) is 12.7. The van der Waals surface area contributed by atoms with Gasteiger partial charge in [-0.15, -0.1) is 0 Å². The number of aryl methyl sites for hydroxylation is 2. The van der Waals surface area contributed by atoms with Crippen molar-refractivity contribution < 1.29 is 14.3 Å². The van der Waals surface area contributed by atoms with E-state index in [-0.39, 0.29) is 5.78 Å². The van der Waals surface area contributed by atoms with E-state index >= 15 is 0 Å². The topological polar surface area (TPSA) is 35.5 Å². The summed E-state index contributed by atoms with van der Waals surface area (Å²) in [5.41, 5.74) is 3.55. The molecule has 3 heteroatoms. The maximum Gasteiger partial charge on any atom is 0.196 e. The molecule has 0 bridgehead atoms. The fraction of sp³-hybridized carbons (Fsp3) is 0.278. The fourth-order valence-corrected chi connectivity index (χ4v) is 2.05. The molecule has 0 aliphatic rings. The molecule has 3 nitrogen and oxygen atoms in total. The largest absolute Gasteiger partial charge is 0.490 e. The number of benzene rings is 2. The Kier molecular flexibility index (Phi) is 5.12. The number of hydrogen-bond acceptors (Lipinski definition) is 3. The summed E-state index contributed by atoms with van der Waals surface area (Å²) in [6.07, 6.45) is 0. The van der Waals surface area contributed by atoms with Crippen molar-refractivity contribution in [3.05, 3.63) is 64.7 Å². The highest BCUT2D eigenvalue weighted by atomic mass is 16.5. The number of methoxy groups -OCH3 is 1. The van der Waals surface area contributed by atoms with Gasteiger partial charge >= 0.3 is 0 Å². The molecule has 0 unspecified atom stereocenters. The highest BCUT2D eigenvalue weighted by molar-refractivity contribution is 6.10. The van der Waals surface area contributed by atoms with Crippen LogP contribution in [0.15, 0.2) is 42.5 Å². The molecule has 0 N–H and O–H groups in total. The molecule has 110 valence electrons. The molecule has 21 heavy (non-hydrogen) atoms. The Labute approximate surface area is 125 Å². The van der Waals surface area contributed by atoms with Crippen molar-refractivity contribution in [2.45, 2.75) is 13.8 Å². The number of rotatable bonds is 6. The molecular formula is C18H20O3. The predicted octanol–water partition coefficient (Wildman–Crippen LogP) is 3.56. The van der Waals surface area contributed by atoms with Crippen molar-refractivity contribution in [3.63, 3.8) is 0 Å². The van der Waals surface area contributed by atoms with Gasteiger partial charge in [-0.3, -0.25) is 4.79 Å². The van der Waals surface area contributed by atoms with Crippen molar-refractivity contribution in [3.8, 4) is 5.75 Å². The zero-order chi connectivity index (χ0) is 15.2. The lowest BCUT2D eigenvalue weighted by atomic mass is 9.99. The van der Waals surface area contributed by atoms with E-state index in [1.807, 2.05) is 50.2 Å². The second-order valence-electron chi connectivity index (χ2n) is 4.97. The maximum atomic E-state index is 12.7. The van der Waals surface area contributed by atoms with Crippen molar-refractivity contribution in [2.75, 3.05) is 20.3 Å². The van der Waals surface area contributed by atoms with Gasteiger partial charge in [0, 0.05) is 12.7 Å². The Bertz CT molecular complexity index is 632. The zero-order valence-corrected chi connectivity index (χ0v) is 12.7. The fourth-order valence-electron chi connectivity index (χ4n) is 2.05. The second kappa shape index (κ2) is 7.04. The minimum Gasteiger partial charge on any atom is -0.490 e. The van der Waals surface area contributed by atoms with Crippen LogP contribution in [-0.2, 0) is 4.74 Å². The van der Waals surface area contributed by atoms with Gasteiger partial charge in [-0.25, -0.2) is 0 Å². The van der Waals surface area contributed by atoms with Gasteiger partial charge in [0.1, 0.15) is 12.4 Å². The minimum atomic E-state index is -0.0221. The van der Waals surface area contributed by atoms with Crippen molar-refractivity contribution >= 4 is 5.78 Å². The molecule has 0 heterocycles. The Balaban J connectivity index is 2.27. The average Bonchev–Trinajstić information content (AvgIpc) is 2.50. The van der Waals surface area contributed by atoms with Crippen LogP contribution in [0, 0.1) is 13.8 Å². The van der Waals surface area contributed by atoms with Crippen LogP contribution in [0.2, 0.25) is 0 Å². The smallest absolute Gasteiger partial charge is 0.196 e. The maximum absolute atomic E-state index is 12.7. The first kappa shape index (κ1) is 15.3. The van der Waals surface area contributed by atoms with E-state index in [9.17, 15) is 4.79 Å². The van der Waals surface area contributed by atoms with Crippen LogP contribution in [0.4, 0.5) is 0 Å². The summed E-state index contributed by atoms with van der Waals surface area (Å²) in [5.74, 6) is 0.573. The van der Waals surface area contributed by atoms with E-state index in [1.54, 1.807) is 13.2 Å². The van der Waals surface area contributed by atoms with Gasteiger partial charge in [0.15, 0.2) is 5.78 Å². The van der Waals surface area contributed by atoms with E-state index in [0.29, 0.717) is 30.1 Å². The van der Waals surface area contributed by atoms with Gasteiger partial charge in [0.25, 0.3) is 0 Å². The Morgan fingerprint density at radius 1 is 1.00 bits per heavy atom. The average molecular weight is 284 g/mol. The number of carbonyl (C=O) groups excluding carboxylic acids is 1. The SMILES string of the molecule is COCCOc1ccccc1C(=O)c1ccc(C)c(C)c1. The number of carbonyl (C=O) groups is 1. The Morgan fingerprint density at radius 2 is 1.76 bits per heavy atom. The lowest BCUT2D eigenvalue weighted by molar-refractivity contribution is 0.103. The van der Waals surface area contributed by atoms with Crippen molar-refractivity contribution in [2.24, 2.45) is 0 Å². The van der Waals surface area contributed by atoms with E-state index in [0.717, 1.165) is 5.56 Å². The van der Waals surface area contributed by atoms with E-state index in [1.165, 1.54) is 5.56 Å². The van der Waals surface area contributed by atoms with Crippen LogP contribution in [0.25, 0.3) is 0 Å². The van der Waals surface area contributed by atoms with Gasteiger partial charge < -0.3 is 9.47 Å². The first-order chi connectivity index (χ1) is 10.1. The number of hydrogen-bond donors (Lipinski definition) is 0. The molecule has 0 aliphatic carbocycles. The lowest BCUT2D eigenvalue weighted by Crippen LogP contribution is -2.09. The third-order valence-corrected chi connectivity index (χ3v) is 3.45. The first-order valence-corrected chi connectivity index (χ1v) is 6.96. The van der Waals surface area contributed by atoms with E-state index in [4.69, 9.17) is 9.47 Å². The molecule has 0 aromatic heterocycles. The summed E-state index contributed by atoms with van der Waals surface area (Å²) in [7, 11) is 1.62. The number of ether oxygens (including phenoxy) is 2. The molecule has 0 saturated carbocycles. The van der Waals surface area contributed by atoms with Gasteiger partial charge in [-0.05, 0) is 43.2 Å².